The molecule has 1 saturated heterocycles. The number of carbonyl (C=O) groups is 2. The first-order valence-electron chi connectivity index (χ1n) is 8.27. The monoisotopic (exact) mass is 430 g/mol. The second-order valence-electron chi connectivity index (χ2n) is 5.95. The fourth-order valence-electron chi connectivity index (χ4n) is 2.50. The molecule has 0 spiro atoms. The number of carbonyl (C=O) groups excluding carboxylic acids is 1. The van der Waals surface area contributed by atoms with Crippen molar-refractivity contribution < 1.29 is 24.4 Å². The van der Waals surface area contributed by atoms with Crippen LogP contribution in [0.2, 0.25) is 0 Å². The number of carboxylic acid groups (broad SMARTS) is 1. The van der Waals surface area contributed by atoms with Crippen LogP contribution in [0.5, 0.6) is 5.75 Å². The van der Waals surface area contributed by atoms with Gasteiger partial charge in [-0.25, -0.2) is 0 Å². The van der Waals surface area contributed by atoms with E-state index in [1.54, 1.807) is 42.5 Å². The Morgan fingerprint density at radius 2 is 2.00 bits per heavy atom. The van der Waals surface area contributed by atoms with Crippen LogP contribution in [-0.2, 0) is 16.2 Å². The number of thioether (sulfide) groups is 1. The number of rotatable bonds is 7. The van der Waals surface area contributed by atoms with E-state index in [-0.39, 0.29) is 16.6 Å². The Morgan fingerprint density at radius 1 is 1.28 bits per heavy atom. The van der Waals surface area contributed by atoms with E-state index in [0.717, 1.165) is 22.2 Å². The summed E-state index contributed by atoms with van der Waals surface area (Å²) in [7, 11) is 0. The van der Waals surface area contributed by atoms with E-state index in [2.05, 4.69) is 0 Å². The Hall–Kier alpha value is -3.24. The molecule has 0 atom stereocenters. The van der Waals surface area contributed by atoms with E-state index in [9.17, 15) is 19.7 Å². The average molecular weight is 430 g/mol. The average Bonchev–Trinajstić information content (AvgIpc) is 2.94. The molecule has 1 fully saturated rings. The lowest BCUT2D eigenvalue weighted by Crippen LogP contribution is -2.33. The Morgan fingerprint density at radius 3 is 2.66 bits per heavy atom. The molecule has 2 aromatic carbocycles. The second-order valence-corrected chi connectivity index (χ2v) is 7.62. The van der Waals surface area contributed by atoms with E-state index < -0.39 is 23.3 Å². The number of ether oxygens (including phenoxy) is 1. The zero-order valence-electron chi connectivity index (χ0n) is 14.8. The molecule has 10 heteroatoms. The number of hydrogen-bond donors (Lipinski definition) is 1. The largest absolute Gasteiger partial charge is 0.489 e. The molecule has 1 N–H and O–H groups in total. The van der Waals surface area contributed by atoms with Crippen molar-refractivity contribution in [2.75, 3.05) is 6.54 Å². The Kier molecular flexibility index (Phi) is 6.25. The Balaban J connectivity index is 1.69. The third kappa shape index (κ3) is 5.18. The minimum Gasteiger partial charge on any atom is -0.489 e. The molecule has 0 aliphatic carbocycles. The number of non-ortho nitro benzene ring substituents is 1. The molecule has 8 nitrogen and oxygen atoms in total. The van der Waals surface area contributed by atoms with Crippen molar-refractivity contribution in [2.24, 2.45) is 0 Å². The topological polar surface area (TPSA) is 110 Å². The summed E-state index contributed by atoms with van der Waals surface area (Å²) >= 11 is 6.12. The Bertz CT molecular complexity index is 1020. The zero-order chi connectivity index (χ0) is 21.0. The first-order chi connectivity index (χ1) is 13.8. The molecule has 0 radical (unpaired) electrons. The van der Waals surface area contributed by atoms with E-state index in [4.69, 9.17) is 22.1 Å². The van der Waals surface area contributed by atoms with Crippen molar-refractivity contribution in [2.45, 2.75) is 6.61 Å². The number of nitrogens with zero attached hydrogens (tertiary/aromatic N) is 2. The van der Waals surface area contributed by atoms with Gasteiger partial charge in [0.15, 0.2) is 0 Å². The molecule has 0 aromatic heterocycles. The van der Waals surface area contributed by atoms with Crippen molar-refractivity contribution in [3.8, 4) is 5.75 Å². The summed E-state index contributed by atoms with van der Waals surface area (Å²) in [6.07, 6.45) is 1.62. The molecule has 1 aliphatic heterocycles. The lowest BCUT2D eigenvalue weighted by Gasteiger charge is -2.10. The highest BCUT2D eigenvalue weighted by molar-refractivity contribution is 8.26. The van der Waals surface area contributed by atoms with Gasteiger partial charge in [-0.2, -0.15) is 0 Å². The molecule has 0 bridgehead atoms. The molecular formula is C19H14N2O6S2. The van der Waals surface area contributed by atoms with Crippen molar-refractivity contribution in [3.05, 3.63) is 74.7 Å². The SMILES string of the molecule is O=C(O)CN1C(=O)/C(=C\c2cccc(OCc3ccc([N+](=O)[O-])cc3)c2)SC1=S. The molecule has 2 aromatic rings. The number of aliphatic carboxylic acids is 1. The van der Waals surface area contributed by atoms with Crippen LogP contribution in [0.15, 0.2) is 53.4 Å². The highest BCUT2D eigenvalue weighted by Crippen LogP contribution is 2.32. The van der Waals surface area contributed by atoms with Crippen molar-refractivity contribution in [1.82, 2.24) is 4.90 Å². The Labute approximate surface area is 174 Å². The van der Waals surface area contributed by atoms with Crippen LogP contribution in [0.25, 0.3) is 6.08 Å². The number of nitro benzene ring substituents is 1. The van der Waals surface area contributed by atoms with E-state index in [1.165, 1.54) is 12.1 Å². The van der Waals surface area contributed by atoms with E-state index in [0.29, 0.717) is 16.2 Å². The van der Waals surface area contributed by atoms with Crippen LogP contribution in [0.3, 0.4) is 0 Å². The van der Waals surface area contributed by atoms with Gasteiger partial charge in [-0.3, -0.25) is 24.6 Å². The molecular weight excluding hydrogens is 416 g/mol. The molecule has 29 heavy (non-hydrogen) atoms. The maximum absolute atomic E-state index is 12.3. The molecule has 3 rings (SSSR count). The summed E-state index contributed by atoms with van der Waals surface area (Å²) in [6.45, 7) is -0.247. The highest BCUT2D eigenvalue weighted by atomic mass is 32.2. The predicted molar refractivity (Wildman–Crippen MR) is 111 cm³/mol. The fraction of sp³-hybridized carbons (Fsp3) is 0.105. The summed E-state index contributed by atoms with van der Waals surface area (Å²) in [5, 5.41) is 19.6. The quantitative estimate of drug-likeness (QED) is 0.308. The number of thiocarbonyl (C=S) groups is 1. The smallest absolute Gasteiger partial charge is 0.323 e. The molecule has 0 unspecified atom stereocenters. The third-order valence-electron chi connectivity index (χ3n) is 3.88. The number of carboxylic acids is 1. The van der Waals surface area contributed by atoms with Crippen LogP contribution < -0.4 is 4.74 Å². The maximum atomic E-state index is 12.3. The van der Waals surface area contributed by atoms with E-state index in [1.807, 2.05) is 0 Å². The van der Waals surface area contributed by atoms with Gasteiger partial charge in [-0.05, 0) is 41.5 Å². The minimum absolute atomic E-state index is 0.0101. The predicted octanol–water partition coefficient (Wildman–Crippen LogP) is 3.46. The molecule has 1 aliphatic rings. The number of nitro groups is 1. The van der Waals surface area contributed by atoms with Gasteiger partial charge in [0.25, 0.3) is 11.6 Å². The van der Waals surface area contributed by atoms with Crippen LogP contribution in [-0.4, -0.2) is 37.7 Å². The standard InChI is InChI=1S/C19H14N2O6S2/c22-17(23)10-20-18(24)16(29-19(20)28)9-13-2-1-3-15(8-13)27-11-12-4-6-14(7-5-12)21(25)26/h1-9H,10-11H2,(H,22,23)/b16-9+. The van der Waals surface area contributed by atoms with Gasteiger partial charge in [0, 0.05) is 12.1 Å². The lowest BCUT2D eigenvalue weighted by molar-refractivity contribution is -0.384. The molecule has 0 saturated carbocycles. The normalized spacial score (nSPS) is 15.0. The fourth-order valence-corrected chi connectivity index (χ4v) is 3.75. The third-order valence-corrected chi connectivity index (χ3v) is 5.25. The van der Waals surface area contributed by atoms with E-state index >= 15 is 0 Å². The lowest BCUT2D eigenvalue weighted by atomic mass is 10.2. The summed E-state index contributed by atoms with van der Waals surface area (Å²) in [5.74, 6) is -1.03. The number of hydrogen-bond acceptors (Lipinski definition) is 7. The van der Waals surface area contributed by atoms with Gasteiger partial charge in [0.2, 0.25) is 0 Å². The summed E-state index contributed by atoms with van der Waals surface area (Å²) in [6, 6.07) is 13.1. The van der Waals surface area contributed by atoms with Gasteiger partial charge >= 0.3 is 5.97 Å². The van der Waals surface area contributed by atoms with Gasteiger partial charge in [0.05, 0.1) is 9.83 Å². The van der Waals surface area contributed by atoms with Crippen molar-refractivity contribution in [1.29, 1.82) is 0 Å². The minimum atomic E-state index is -1.14. The van der Waals surface area contributed by atoms with Crippen LogP contribution >= 0.6 is 24.0 Å². The van der Waals surface area contributed by atoms with Crippen LogP contribution in [0.4, 0.5) is 5.69 Å². The maximum Gasteiger partial charge on any atom is 0.323 e. The van der Waals surface area contributed by atoms with Crippen molar-refractivity contribution in [3.63, 3.8) is 0 Å². The van der Waals surface area contributed by atoms with Gasteiger partial charge < -0.3 is 9.84 Å². The first-order valence-corrected chi connectivity index (χ1v) is 9.49. The van der Waals surface area contributed by atoms with Gasteiger partial charge in [-0.15, -0.1) is 0 Å². The summed E-state index contributed by atoms with van der Waals surface area (Å²) in [5.41, 5.74) is 1.48. The summed E-state index contributed by atoms with van der Waals surface area (Å²) < 4.78 is 5.92. The number of amides is 1. The molecule has 148 valence electrons. The highest BCUT2D eigenvalue weighted by Gasteiger charge is 2.33. The van der Waals surface area contributed by atoms with Crippen LogP contribution in [0.1, 0.15) is 11.1 Å². The van der Waals surface area contributed by atoms with Gasteiger partial charge in [-0.1, -0.05) is 36.1 Å². The van der Waals surface area contributed by atoms with Crippen LogP contribution in [0, 0.1) is 10.1 Å². The summed E-state index contributed by atoms with van der Waals surface area (Å²) in [4.78, 5) is 34.8. The van der Waals surface area contributed by atoms with Gasteiger partial charge in [0.1, 0.15) is 23.2 Å². The second kappa shape index (κ2) is 8.84. The number of benzene rings is 2. The van der Waals surface area contributed by atoms with Crippen molar-refractivity contribution >= 4 is 51.9 Å². The molecule has 1 heterocycles. The molecule has 1 amide bonds. The first kappa shape index (κ1) is 20.5. The zero-order valence-corrected chi connectivity index (χ0v) is 16.4.